The minimum atomic E-state index is -0.498. The second kappa shape index (κ2) is 7.06. The van der Waals surface area contributed by atoms with Crippen LogP contribution in [0.3, 0.4) is 0 Å². The van der Waals surface area contributed by atoms with Gasteiger partial charge in [-0.3, -0.25) is 14.6 Å². The van der Waals surface area contributed by atoms with Crippen LogP contribution < -0.4 is 10.9 Å². The number of carbonyl (C=O) groups is 1. The van der Waals surface area contributed by atoms with Gasteiger partial charge in [0.2, 0.25) is 0 Å². The number of nitrogens with one attached hydrogen (secondary N) is 2. The molecule has 0 aliphatic rings. The van der Waals surface area contributed by atoms with E-state index in [0.717, 1.165) is 5.56 Å². The molecule has 24 heavy (non-hydrogen) atoms. The molecule has 0 unspecified atom stereocenters. The number of hydrogen-bond donors (Lipinski definition) is 2. The zero-order chi connectivity index (χ0) is 16.9. The fraction of sp³-hybridized carbons (Fsp3) is 0.0588. The molecule has 0 saturated carbocycles. The maximum absolute atomic E-state index is 12.1. The van der Waals surface area contributed by atoms with E-state index < -0.39 is 11.5 Å². The van der Waals surface area contributed by atoms with Crippen LogP contribution in [0.1, 0.15) is 15.9 Å². The number of nitrogens with zero attached hydrogens (tertiary/aromatic N) is 2. The van der Waals surface area contributed by atoms with Gasteiger partial charge < -0.3 is 10.3 Å². The molecule has 2 heterocycles. The summed E-state index contributed by atoms with van der Waals surface area (Å²) in [5, 5.41) is 3.27. The van der Waals surface area contributed by atoms with Crippen LogP contribution in [0.5, 0.6) is 0 Å². The Morgan fingerprint density at radius 1 is 1.12 bits per heavy atom. The highest BCUT2D eigenvalue weighted by Crippen LogP contribution is 2.16. The summed E-state index contributed by atoms with van der Waals surface area (Å²) in [6, 6.07) is 10.4. The largest absolute Gasteiger partial charge is 0.348 e. The predicted molar refractivity (Wildman–Crippen MR) is 90.7 cm³/mol. The molecule has 0 radical (unpaired) electrons. The molecule has 3 rings (SSSR count). The molecule has 0 atom stereocenters. The van der Waals surface area contributed by atoms with Crippen molar-refractivity contribution in [2.75, 3.05) is 0 Å². The molecule has 1 aromatic carbocycles. The third-order valence-electron chi connectivity index (χ3n) is 3.36. The fourth-order valence-corrected chi connectivity index (χ4v) is 2.22. The molecular formula is C17H13ClN4O2. The van der Waals surface area contributed by atoms with Gasteiger partial charge in [-0.05, 0) is 42.0 Å². The van der Waals surface area contributed by atoms with Crippen molar-refractivity contribution in [2.24, 2.45) is 0 Å². The van der Waals surface area contributed by atoms with E-state index in [2.05, 4.69) is 20.3 Å². The van der Waals surface area contributed by atoms with E-state index >= 15 is 0 Å². The highest BCUT2D eigenvalue weighted by molar-refractivity contribution is 6.30. The van der Waals surface area contributed by atoms with Crippen LogP contribution in [-0.4, -0.2) is 20.9 Å². The topological polar surface area (TPSA) is 87.7 Å². The lowest BCUT2D eigenvalue weighted by Gasteiger charge is -2.06. The molecule has 0 aliphatic heterocycles. The minimum Gasteiger partial charge on any atom is -0.348 e. The van der Waals surface area contributed by atoms with E-state index in [0.29, 0.717) is 23.0 Å². The van der Waals surface area contributed by atoms with Gasteiger partial charge in [0.15, 0.2) is 0 Å². The highest BCUT2D eigenvalue weighted by Gasteiger charge is 2.12. The Balaban J connectivity index is 1.76. The van der Waals surface area contributed by atoms with E-state index in [-0.39, 0.29) is 5.56 Å². The van der Waals surface area contributed by atoms with Crippen LogP contribution in [0.15, 0.2) is 59.8 Å². The second-order valence-electron chi connectivity index (χ2n) is 5.02. The number of amides is 1. The number of aromatic nitrogens is 3. The maximum Gasteiger partial charge on any atom is 0.264 e. The van der Waals surface area contributed by atoms with Gasteiger partial charge in [-0.2, -0.15) is 0 Å². The van der Waals surface area contributed by atoms with Crippen LogP contribution in [-0.2, 0) is 6.54 Å². The molecule has 1 amide bonds. The average Bonchev–Trinajstić information content (AvgIpc) is 2.61. The minimum absolute atomic E-state index is 0.0400. The molecule has 0 spiro atoms. The molecule has 6 nitrogen and oxygen atoms in total. The van der Waals surface area contributed by atoms with E-state index in [1.54, 1.807) is 48.8 Å². The standard InChI is InChI=1S/C17H13ClN4O2/c18-13-3-1-12(2-4-13)15-20-10-14(17(24)22-15)16(23)21-9-11-5-7-19-8-6-11/h1-8,10H,9H2,(H,21,23)(H,20,22,24). The number of hydrogen-bond acceptors (Lipinski definition) is 4. The van der Waals surface area contributed by atoms with Gasteiger partial charge in [0.1, 0.15) is 11.4 Å². The monoisotopic (exact) mass is 340 g/mol. The average molecular weight is 341 g/mol. The lowest BCUT2D eigenvalue weighted by molar-refractivity contribution is 0.0949. The van der Waals surface area contributed by atoms with Crippen LogP contribution in [0.4, 0.5) is 0 Å². The smallest absolute Gasteiger partial charge is 0.264 e. The lowest BCUT2D eigenvalue weighted by atomic mass is 10.2. The Bertz CT molecular complexity index is 908. The zero-order valence-electron chi connectivity index (χ0n) is 12.5. The van der Waals surface area contributed by atoms with Crippen molar-refractivity contribution in [2.45, 2.75) is 6.54 Å². The molecular weight excluding hydrogens is 328 g/mol. The van der Waals surface area contributed by atoms with Crippen LogP contribution in [0.25, 0.3) is 11.4 Å². The van der Waals surface area contributed by atoms with Gasteiger partial charge in [-0.1, -0.05) is 11.6 Å². The number of carbonyl (C=O) groups excluding carboxylic acids is 1. The summed E-state index contributed by atoms with van der Waals surface area (Å²) >= 11 is 5.83. The van der Waals surface area contributed by atoms with Gasteiger partial charge in [0.05, 0.1) is 0 Å². The fourth-order valence-electron chi connectivity index (χ4n) is 2.09. The van der Waals surface area contributed by atoms with E-state index in [1.807, 2.05) is 0 Å². The second-order valence-corrected chi connectivity index (χ2v) is 5.46. The normalized spacial score (nSPS) is 10.4. The molecule has 3 aromatic rings. The number of rotatable bonds is 4. The summed E-state index contributed by atoms with van der Waals surface area (Å²) in [7, 11) is 0. The van der Waals surface area contributed by atoms with Crippen molar-refractivity contribution in [1.82, 2.24) is 20.3 Å². The van der Waals surface area contributed by atoms with Gasteiger partial charge in [0.25, 0.3) is 11.5 Å². The molecule has 0 saturated heterocycles. The van der Waals surface area contributed by atoms with Crippen LogP contribution in [0.2, 0.25) is 5.02 Å². The molecule has 0 bridgehead atoms. The van der Waals surface area contributed by atoms with Crippen molar-refractivity contribution < 1.29 is 4.79 Å². The summed E-state index contributed by atoms with van der Waals surface area (Å²) in [5.74, 6) is -0.106. The zero-order valence-corrected chi connectivity index (χ0v) is 13.2. The number of halogens is 1. The molecule has 7 heteroatoms. The Morgan fingerprint density at radius 2 is 1.83 bits per heavy atom. The van der Waals surface area contributed by atoms with E-state index in [1.165, 1.54) is 6.20 Å². The van der Waals surface area contributed by atoms with E-state index in [9.17, 15) is 9.59 Å². The summed E-state index contributed by atoms with van der Waals surface area (Å²) in [4.78, 5) is 34.9. The number of H-pyrrole nitrogens is 1. The van der Waals surface area contributed by atoms with Crippen molar-refractivity contribution >= 4 is 17.5 Å². The summed E-state index contributed by atoms with van der Waals surface area (Å²) in [6.07, 6.45) is 4.54. The number of aromatic amines is 1. The summed E-state index contributed by atoms with van der Waals surface area (Å²) in [6.45, 7) is 0.305. The Kier molecular flexibility index (Phi) is 4.67. The first-order valence-electron chi connectivity index (χ1n) is 7.16. The maximum atomic E-state index is 12.1. The molecule has 0 aliphatic carbocycles. The number of pyridine rings is 1. The Morgan fingerprint density at radius 3 is 2.50 bits per heavy atom. The van der Waals surface area contributed by atoms with Crippen molar-refractivity contribution in [3.8, 4) is 11.4 Å². The quantitative estimate of drug-likeness (QED) is 0.763. The van der Waals surface area contributed by atoms with Gasteiger partial charge in [-0.25, -0.2) is 4.98 Å². The lowest BCUT2D eigenvalue weighted by Crippen LogP contribution is -2.29. The van der Waals surface area contributed by atoms with Crippen molar-refractivity contribution in [3.05, 3.63) is 81.5 Å². The first kappa shape index (κ1) is 15.9. The molecule has 120 valence electrons. The predicted octanol–water partition coefficient (Wildman–Crippen LogP) is 2.42. The molecule has 2 aromatic heterocycles. The Hall–Kier alpha value is -2.99. The first-order chi connectivity index (χ1) is 11.6. The SMILES string of the molecule is O=C(NCc1ccncc1)c1cnc(-c2ccc(Cl)cc2)[nH]c1=O. The van der Waals surface area contributed by atoms with Crippen molar-refractivity contribution in [1.29, 1.82) is 0 Å². The number of benzene rings is 1. The van der Waals surface area contributed by atoms with Crippen LogP contribution in [0, 0.1) is 0 Å². The van der Waals surface area contributed by atoms with Crippen LogP contribution >= 0.6 is 11.6 Å². The highest BCUT2D eigenvalue weighted by atomic mass is 35.5. The summed E-state index contributed by atoms with van der Waals surface area (Å²) in [5.41, 5.74) is 1.06. The molecule has 0 fully saturated rings. The Labute approximate surface area is 142 Å². The van der Waals surface area contributed by atoms with Crippen molar-refractivity contribution in [3.63, 3.8) is 0 Å². The summed E-state index contributed by atoms with van der Waals surface area (Å²) < 4.78 is 0. The third-order valence-corrected chi connectivity index (χ3v) is 3.62. The first-order valence-corrected chi connectivity index (χ1v) is 7.53. The van der Waals surface area contributed by atoms with E-state index in [4.69, 9.17) is 11.6 Å². The van der Waals surface area contributed by atoms with Gasteiger partial charge in [-0.15, -0.1) is 0 Å². The van der Waals surface area contributed by atoms with Gasteiger partial charge >= 0.3 is 0 Å². The molecule has 2 N–H and O–H groups in total. The van der Waals surface area contributed by atoms with Gasteiger partial charge in [0, 0.05) is 35.7 Å². The third kappa shape index (κ3) is 3.67.